The number of hydrogen-bond acceptors (Lipinski definition) is 5. The maximum absolute atomic E-state index is 10.6. The van der Waals surface area contributed by atoms with Crippen LogP contribution in [-0.2, 0) is 11.2 Å². The van der Waals surface area contributed by atoms with E-state index in [1.54, 1.807) is 24.5 Å². The SMILES string of the molecule is O=C(O)/C=C/c1ccc2c(c1)CC[C@@H](CNC[C@@H](O)c1cccnc1)O2. The fourth-order valence-electron chi connectivity index (χ4n) is 2.95. The van der Waals surface area contributed by atoms with Gasteiger partial charge in [0, 0.05) is 37.1 Å². The first kappa shape index (κ1) is 18.1. The van der Waals surface area contributed by atoms with Crippen LogP contribution in [0.1, 0.15) is 29.2 Å². The standard InChI is InChI=1S/C20H22N2O4/c23-18(16-2-1-9-21-11-16)13-22-12-17-6-5-15-10-14(4-8-20(24)25)3-7-19(15)26-17/h1-4,7-11,17-18,22-23H,5-6,12-13H2,(H,24,25)/b8-4+/t17-,18+/m0/s1. The van der Waals surface area contributed by atoms with E-state index < -0.39 is 12.1 Å². The van der Waals surface area contributed by atoms with Crippen molar-refractivity contribution < 1.29 is 19.7 Å². The number of aryl methyl sites for hydroxylation is 1. The summed E-state index contributed by atoms with van der Waals surface area (Å²) in [5.74, 6) is -0.123. The predicted octanol–water partition coefficient (Wildman–Crippen LogP) is 2.20. The van der Waals surface area contributed by atoms with E-state index in [2.05, 4.69) is 10.3 Å². The minimum absolute atomic E-state index is 0.0454. The molecule has 0 fully saturated rings. The molecule has 0 aliphatic carbocycles. The zero-order valence-corrected chi connectivity index (χ0v) is 14.3. The molecule has 0 radical (unpaired) electrons. The number of fused-ring (bicyclic) bond motifs is 1. The van der Waals surface area contributed by atoms with Gasteiger partial charge in [-0.2, -0.15) is 0 Å². The molecule has 2 atom stereocenters. The van der Waals surface area contributed by atoms with Crippen LogP contribution in [0.3, 0.4) is 0 Å². The molecule has 1 aromatic heterocycles. The van der Waals surface area contributed by atoms with Crippen LogP contribution in [0.15, 0.2) is 48.8 Å². The van der Waals surface area contributed by atoms with Crippen molar-refractivity contribution in [2.75, 3.05) is 13.1 Å². The second-order valence-corrected chi connectivity index (χ2v) is 6.28. The summed E-state index contributed by atoms with van der Waals surface area (Å²) in [4.78, 5) is 14.6. The lowest BCUT2D eigenvalue weighted by atomic mass is 9.99. The van der Waals surface area contributed by atoms with Crippen LogP contribution in [0.4, 0.5) is 0 Å². The van der Waals surface area contributed by atoms with Crippen LogP contribution in [0.5, 0.6) is 5.75 Å². The van der Waals surface area contributed by atoms with E-state index in [1.165, 1.54) is 0 Å². The van der Waals surface area contributed by atoms with E-state index in [4.69, 9.17) is 9.84 Å². The number of carboxylic acids is 1. The van der Waals surface area contributed by atoms with Gasteiger partial charge in [-0.3, -0.25) is 4.98 Å². The number of nitrogens with one attached hydrogen (secondary N) is 1. The van der Waals surface area contributed by atoms with E-state index in [0.717, 1.165) is 41.4 Å². The summed E-state index contributed by atoms with van der Waals surface area (Å²) in [6.45, 7) is 1.09. The van der Waals surface area contributed by atoms with Gasteiger partial charge in [0.15, 0.2) is 0 Å². The number of carboxylic acid groups (broad SMARTS) is 1. The maximum Gasteiger partial charge on any atom is 0.328 e. The quantitative estimate of drug-likeness (QED) is 0.660. The molecule has 136 valence electrons. The third-order valence-corrected chi connectivity index (χ3v) is 4.31. The lowest BCUT2D eigenvalue weighted by molar-refractivity contribution is -0.131. The van der Waals surface area contributed by atoms with Crippen molar-refractivity contribution >= 4 is 12.0 Å². The van der Waals surface area contributed by atoms with Gasteiger partial charge in [-0.05, 0) is 48.2 Å². The van der Waals surface area contributed by atoms with E-state index in [-0.39, 0.29) is 6.10 Å². The fraction of sp³-hybridized carbons (Fsp3) is 0.300. The van der Waals surface area contributed by atoms with Crippen molar-refractivity contribution in [3.05, 3.63) is 65.5 Å². The Kier molecular flexibility index (Phi) is 5.99. The van der Waals surface area contributed by atoms with Gasteiger partial charge < -0.3 is 20.3 Å². The summed E-state index contributed by atoms with van der Waals surface area (Å²) >= 11 is 0. The molecule has 0 unspecified atom stereocenters. The van der Waals surface area contributed by atoms with Gasteiger partial charge >= 0.3 is 5.97 Å². The van der Waals surface area contributed by atoms with E-state index in [0.29, 0.717) is 13.1 Å². The number of aliphatic hydroxyl groups is 1. The van der Waals surface area contributed by atoms with Gasteiger partial charge in [0.1, 0.15) is 11.9 Å². The van der Waals surface area contributed by atoms with Crippen molar-refractivity contribution in [3.63, 3.8) is 0 Å². The topological polar surface area (TPSA) is 91.7 Å². The maximum atomic E-state index is 10.6. The van der Waals surface area contributed by atoms with Crippen molar-refractivity contribution in [2.45, 2.75) is 25.0 Å². The fourth-order valence-corrected chi connectivity index (χ4v) is 2.95. The van der Waals surface area contributed by atoms with Crippen LogP contribution in [0.2, 0.25) is 0 Å². The number of hydrogen-bond donors (Lipinski definition) is 3. The Labute approximate surface area is 152 Å². The molecule has 2 aromatic rings. The average molecular weight is 354 g/mol. The zero-order valence-electron chi connectivity index (χ0n) is 14.3. The smallest absolute Gasteiger partial charge is 0.328 e. The molecule has 2 heterocycles. The molecule has 6 heteroatoms. The molecule has 6 nitrogen and oxygen atoms in total. The summed E-state index contributed by atoms with van der Waals surface area (Å²) in [5, 5.41) is 22.1. The van der Waals surface area contributed by atoms with Gasteiger partial charge in [-0.25, -0.2) is 4.79 Å². The first-order valence-corrected chi connectivity index (χ1v) is 8.61. The van der Waals surface area contributed by atoms with Crippen molar-refractivity contribution in [1.29, 1.82) is 0 Å². The first-order valence-electron chi connectivity index (χ1n) is 8.61. The molecule has 0 saturated carbocycles. The third-order valence-electron chi connectivity index (χ3n) is 4.31. The number of rotatable bonds is 7. The minimum atomic E-state index is -0.960. The third kappa shape index (κ3) is 4.91. The normalized spacial score (nSPS) is 17.5. The van der Waals surface area contributed by atoms with E-state index in [1.807, 2.05) is 24.3 Å². The molecule has 0 spiro atoms. The molecule has 0 bridgehead atoms. The number of aliphatic hydroxyl groups excluding tert-OH is 1. The Bertz CT molecular complexity index is 777. The predicted molar refractivity (Wildman–Crippen MR) is 97.9 cm³/mol. The molecule has 3 rings (SSSR count). The molecule has 26 heavy (non-hydrogen) atoms. The van der Waals surface area contributed by atoms with Gasteiger partial charge in [0.25, 0.3) is 0 Å². The average Bonchev–Trinajstić information content (AvgIpc) is 2.66. The monoisotopic (exact) mass is 354 g/mol. The Morgan fingerprint density at radius 3 is 3.08 bits per heavy atom. The Morgan fingerprint density at radius 1 is 1.42 bits per heavy atom. The molecule has 0 saturated heterocycles. The Morgan fingerprint density at radius 2 is 2.31 bits per heavy atom. The van der Waals surface area contributed by atoms with Gasteiger partial charge in [0.2, 0.25) is 0 Å². The molecular formula is C20H22N2O4. The second kappa shape index (κ2) is 8.60. The highest BCUT2D eigenvalue weighted by molar-refractivity contribution is 5.85. The van der Waals surface area contributed by atoms with E-state index >= 15 is 0 Å². The van der Waals surface area contributed by atoms with Gasteiger partial charge in [-0.1, -0.05) is 12.1 Å². The number of nitrogens with zero attached hydrogens (tertiary/aromatic N) is 1. The summed E-state index contributed by atoms with van der Waals surface area (Å²) in [7, 11) is 0. The Balaban J connectivity index is 1.50. The summed E-state index contributed by atoms with van der Waals surface area (Å²) < 4.78 is 6.00. The van der Waals surface area contributed by atoms with Crippen LogP contribution in [-0.4, -0.2) is 40.4 Å². The zero-order chi connectivity index (χ0) is 18.4. The largest absolute Gasteiger partial charge is 0.489 e. The molecule has 3 N–H and O–H groups in total. The van der Waals surface area contributed by atoms with Crippen molar-refractivity contribution in [1.82, 2.24) is 10.3 Å². The van der Waals surface area contributed by atoms with Crippen molar-refractivity contribution in [2.24, 2.45) is 0 Å². The number of ether oxygens (including phenoxy) is 1. The lowest BCUT2D eigenvalue weighted by Crippen LogP contribution is -2.36. The highest BCUT2D eigenvalue weighted by atomic mass is 16.5. The molecule has 1 aliphatic heterocycles. The number of aromatic nitrogens is 1. The first-order chi connectivity index (χ1) is 12.6. The van der Waals surface area contributed by atoms with E-state index in [9.17, 15) is 9.90 Å². The number of pyridine rings is 1. The van der Waals surface area contributed by atoms with Crippen LogP contribution in [0, 0.1) is 0 Å². The summed E-state index contributed by atoms with van der Waals surface area (Å²) in [5.41, 5.74) is 2.73. The summed E-state index contributed by atoms with van der Waals surface area (Å²) in [6.07, 6.45) is 7.25. The molecule has 1 aliphatic rings. The van der Waals surface area contributed by atoms with Crippen LogP contribution < -0.4 is 10.1 Å². The highest BCUT2D eigenvalue weighted by Gasteiger charge is 2.20. The molecule has 1 aromatic carbocycles. The molecular weight excluding hydrogens is 332 g/mol. The highest BCUT2D eigenvalue weighted by Crippen LogP contribution is 2.28. The Hall–Kier alpha value is -2.70. The molecule has 0 amide bonds. The minimum Gasteiger partial charge on any atom is -0.489 e. The lowest BCUT2D eigenvalue weighted by Gasteiger charge is -2.27. The number of aliphatic carboxylic acids is 1. The van der Waals surface area contributed by atoms with Crippen molar-refractivity contribution in [3.8, 4) is 5.75 Å². The number of carbonyl (C=O) groups is 1. The second-order valence-electron chi connectivity index (χ2n) is 6.28. The van der Waals surface area contributed by atoms with Crippen LogP contribution in [0.25, 0.3) is 6.08 Å². The van der Waals surface area contributed by atoms with Gasteiger partial charge in [0.05, 0.1) is 6.10 Å². The van der Waals surface area contributed by atoms with Crippen LogP contribution >= 0.6 is 0 Å². The number of benzene rings is 1. The summed E-state index contributed by atoms with van der Waals surface area (Å²) in [6, 6.07) is 9.35. The van der Waals surface area contributed by atoms with Gasteiger partial charge in [-0.15, -0.1) is 0 Å².